The van der Waals surface area contributed by atoms with E-state index in [9.17, 15) is 0 Å². The van der Waals surface area contributed by atoms with Crippen molar-refractivity contribution in [3.05, 3.63) is 67.1 Å². The summed E-state index contributed by atoms with van der Waals surface area (Å²) in [6.45, 7) is 0. The van der Waals surface area contributed by atoms with Gasteiger partial charge in [-0.1, -0.05) is 46.4 Å². The number of alkyl halides is 4. The Labute approximate surface area is 314 Å². The first-order chi connectivity index (χ1) is 22.7. The molecule has 2 heterocycles. The molecule has 5 aliphatic rings. The maximum absolute atomic E-state index is 7.92. The van der Waals surface area contributed by atoms with Gasteiger partial charge in [-0.2, -0.15) is 0 Å². The average molecular weight is 812 g/mol. The van der Waals surface area contributed by atoms with Crippen LogP contribution in [-0.4, -0.2) is 59.9 Å². The summed E-state index contributed by atoms with van der Waals surface area (Å²) in [5, 5.41) is 1.33. The Bertz CT molecular complexity index is 1850. The van der Waals surface area contributed by atoms with E-state index in [1.165, 1.54) is 28.4 Å². The molecular weight excluding hydrogens is 788 g/mol. The Morgan fingerprint density at radius 3 is 0.854 bits per heavy atom. The van der Waals surface area contributed by atoms with Crippen molar-refractivity contribution in [2.24, 2.45) is 23.7 Å². The van der Waals surface area contributed by atoms with Crippen molar-refractivity contribution in [1.82, 2.24) is 19.9 Å². The van der Waals surface area contributed by atoms with Gasteiger partial charge >= 0.3 is 0 Å². The molecule has 8 atom stereocenters. The van der Waals surface area contributed by atoms with Gasteiger partial charge in [-0.05, 0) is 60.8 Å². The molecule has 0 saturated heterocycles. The molecule has 3 saturated carbocycles. The van der Waals surface area contributed by atoms with Gasteiger partial charge < -0.3 is 18.9 Å². The number of halogens is 8. The topological polar surface area (TPSA) is 88.5 Å². The predicted molar refractivity (Wildman–Crippen MR) is 186 cm³/mol. The highest BCUT2D eigenvalue weighted by atomic mass is 35.5. The Kier molecular flexibility index (Phi) is 6.92. The van der Waals surface area contributed by atoms with Crippen molar-refractivity contribution in [2.45, 2.75) is 43.9 Å². The molecule has 0 radical (unpaired) electrons. The van der Waals surface area contributed by atoms with Gasteiger partial charge in [0.15, 0.2) is 0 Å². The molecule has 9 rings (SSSR count). The number of methoxy groups -OCH3 is 4. The molecule has 4 bridgehead atoms. The van der Waals surface area contributed by atoms with Crippen molar-refractivity contribution < 1.29 is 18.9 Å². The lowest BCUT2D eigenvalue weighted by Gasteiger charge is -2.49. The average Bonchev–Trinajstić information content (AvgIpc) is 3.50. The minimum atomic E-state index is -1.58. The zero-order valence-corrected chi connectivity index (χ0v) is 31.5. The second-order valence-electron chi connectivity index (χ2n) is 13.1. The molecule has 3 fully saturated rings. The molecule has 0 unspecified atom stereocenters. The first-order valence-corrected chi connectivity index (χ1v) is 18.0. The van der Waals surface area contributed by atoms with Crippen LogP contribution in [0.15, 0.2) is 24.3 Å². The van der Waals surface area contributed by atoms with Gasteiger partial charge in [-0.15, -0.1) is 46.4 Å². The van der Waals surface area contributed by atoms with Crippen molar-refractivity contribution >= 4 is 115 Å². The van der Waals surface area contributed by atoms with Crippen molar-refractivity contribution in [3.8, 4) is 0 Å². The molecule has 5 aliphatic carbocycles. The standard InChI is InChI=1S/C32H24Cl8N4O4/c1-45-31(46-2)27(37)11-5-13-14(6-12(11)28(31,38)24-23(27)41-19-7-15(33)16(34)8-20(19)42-24)30(40)26-25(29(13,39)32(30,47-3)48-4)43-21-9-17(35)18(36)10-22(21)44-26/h7-14H,5-6H2,1-4H3/t11-,12+,13+,14-,27-,28+,29+,30-. The van der Waals surface area contributed by atoms with Crippen LogP contribution in [0.25, 0.3) is 22.1 Å². The monoisotopic (exact) mass is 808 g/mol. The number of fused-ring (bicyclic) bond motifs is 18. The summed E-state index contributed by atoms with van der Waals surface area (Å²) in [5.74, 6) is -4.68. The summed E-state index contributed by atoms with van der Waals surface area (Å²) in [6.07, 6.45) is 0.824. The number of rotatable bonds is 4. The van der Waals surface area contributed by atoms with Crippen LogP contribution < -0.4 is 0 Å². The summed E-state index contributed by atoms with van der Waals surface area (Å²) < 4.78 is 25.1. The van der Waals surface area contributed by atoms with E-state index in [2.05, 4.69) is 0 Å². The lowest BCUT2D eigenvalue weighted by atomic mass is 9.59. The van der Waals surface area contributed by atoms with Gasteiger partial charge in [-0.25, -0.2) is 19.9 Å². The third-order valence-corrected chi connectivity index (χ3v) is 16.2. The summed E-state index contributed by atoms with van der Waals surface area (Å²) >= 11 is 57.2. The molecule has 252 valence electrons. The zero-order chi connectivity index (χ0) is 34.1. The maximum Gasteiger partial charge on any atom is 0.219 e. The summed E-state index contributed by atoms with van der Waals surface area (Å²) in [5.41, 5.74) is 3.80. The minimum absolute atomic E-state index is 0.332. The van der Waals surface area contributed by atoms with Crippen LogP contribution in [0, 0.1) is 23.7 Å². The van der Waals surface area contributed by atoms with Crippen LogP contribution in [0.5, 0.6) is 0 Å². The lowest BCUT2D eigenvalue weighted by molar-refractivity contribution is -0.241. The van der Waals surface area contributed by atoms with Crippen LogP contribution >= 0.6 is 92.8 Å². The third-order valence-electron chi connectivity index (χ3n) is 11.9. The third kappa shape index (κ3) is 3.17. The molecule has 2 aromatic heterocycles. The van der Waals surface area contributed by atoms with E-state index in [0.29, 0.717) is 77.8 Å². The molecule has 0 N–H and O–H groups in total. The number of benzene rings is 2. The van der Waals surface area contributed by atoms with Gasteiger partial charge in [0.25, 0.3) is 0 Å². The Morgan fingerprint density at radius 2 is 0.667 bits per heavy atom. The van der Waals surface area contributed by atoms with Gasteiger partial charge in [0.1, 0.15) is 19.5 Å². The van der Waals surface area contributed by atoms with E-state index in [1.807, 2.05) is 0 Å². The van der Waals surface area contributed by atoms with Gasteiger partial charge in [-0.3, -0.25) is 0 Å². The van der Waals surface area contributed by atoms with Crippen LogP contribution in [-0.2, 0) is 38.4 Å². The molecule has 0 spiro atoms. The van der Waals surface area contributed by atoms with Gasteiger partial charge in [0.05, 0.1) is 64.9 Å². The van der Waals surface area contributed by atoms with Gasteiger partial charge in [0.2, 0.25) is 11.6 Å². The second kappa shape index (κ2) is 10.0. The normalized spacial score (nSPS) is 37.6. The molecule has 4 aromatic rings. The van der Waals surface area contributed by atoms with Crippen molar-refractivity contribution in [2.75, 3.05) is 28.4 Å². The van der Waals surface area contributed by atoms with E-state index in [1.54, 1.807) is 24.3 Å². The van der Waals surface area contributed by atoms with E-state index in [-0.39, 0.29) is 23.7 Å². The molecule has 8 nitrogen and oxygen atoms in total. The van der Waals surface area contributed by atoms with Crippen LogP contribution in [0.2, 0.25) is 20.1 Å². The summed E-state index contributed by atoms with van der Waals surface area (Å²) in [7, 11) is 6.10. The fourth-order valence-electron chi connectivity index (χ4n) is 10.3. The zero-order valence-electron chi connectivity index (χ0n) is 25.5. The van der Waals surface area contributed by atoms with Crippen LogP contribution in [0.1, 0.15) is 35.6 Å². The maximum atomic E-state index is 7.92. The largest absolute Gasteiger partial charge is 0.349 e. The highest BCUT2D eigenvalue weighted by Gasteiger charge is 2.91. The summed E-state index contributed by atoms with van der Waals surface area (Å²) in [4.78, 5) is 14.4. The van der Waals surface area contributed by atoms with E-state index in [4.69, 9.17) is 132 Å². The van der Waals surface area contributed by atoms with Crippen LogP contribution in [0.3, 0.4) is 0 Å². The van der Waals surface area contributed by atoms with Crippen molar-refractivity contribution in [1.29, 1.82) is 0 Å². The van der Waals surface area contributed by atoms with Crippen molar-refractivity contribution in [3.63, 3.8) is 0 Å². The fourth-order valence-corrected chi connectivity index (χ4v) is 13.7. The number of nitrogens with zero attached hydrogens (tertiary/aromatic N) is 4. The van der Waals surface area contributed by atoms with Gasteiger partial charge in [0, 0.05) is 28.4 Å². The quantitative estimate of drug-likeness (QED) is 0.149. The fraction of sp³-hybridized carbons (Fsp3) is 0.500. The number of ether oxygens (including phenoxy) is 4. The number of hydrogen-bond acceptors (Lipinski definition) is 8. The van der Waals surface area contributed by atoms with E-state index >= 15 is 0 Å². The molecule has 16 heteroatoms. The smallest absolute Gasteiger partial charge is 0.219 e. The first-order valence-electron chi connectivity index (χ1n) is 15.0. The molecule has 2 aromatic carbocycles. The number of aromatic nitrogens is 4. The highest BCUT2D eigenvalue weighted by molar-refractivity contribution is 6.43. The second-order valence-corrected chi connectivity index (χ2v) is 17.2. The van der Waals surface area contributed by atoms with E-state index < -0.39 is 31.1 Å². The number of hydrogen-bond donors (Lipinski definition) is 0. The molecular formula is C32H24Cl8N4O4. The Balaban J connectivity index is 1.29. The molecule has 0 amide bonds. The lowest BCUT2D eigenvalue weighted by Crippen LogP contribution is -2.54. The van der Waals surface area contributed by atoms with E-state index in [0.717, 1.165) is 0 Å². The SMILES string of the molecule is COC1(OC)[C@@]2(Cl)c3nc4cc(Cl)c(Cl)cc4nc3[C@]1(Cl)[C@@H]1C[C@H]3[C@@H](C[C@@H]12)[C@@]1(Cl)c2nc4cc(Cl)c(Cl)cc4nc2[C@]3(Cl)C1(OC)OC. The summed E-state index contributed by atoms with van der Waals surface area (Å²) in [6, 6.07) is 6.62. The molecule has 48 heavy (non-hydrogen) atoms. The Hall–Kier alpha value is -0.720. The minimum Gasteiger partial charge on any atom is -0.349 e. The van der Waals surface area contributed by atoms with Crippen LogP contribution in [0.4, 0.5) is 0 Å². The predicted octanol–water partition coefficient (Wildman–Crippen LogP) is 8.91. The molecule has 0 aliphatic heterocycles. The highest BCUT2D eigenvalue weighted by Crippen LogP contribution is 2.84. The first kappa shape index (κ1) is 33.1. The Morgan fingerprint density at radius 1 is 0.458 bits per heavy atom.